The zero-order valence-corrected chi connectivity index (χ0v) is 8.40. The third-order valence-electron chi connectivity index (χ3n) is 3.36. The summed E-state index contributed by atoms with van der Waals surface area (Å²) in [6.45, 7) is 5.98. The van der Waals surface area contributed by atoms with Crippen molar-refractivity contribution in [3.63, 3.8) is 0 Å². The van der Waals surface area contributed by atoms with Crippen molar-refractivity contribution >= 4 is 0 Å². The zero-order chi connectivity index (χ0) is 8.60. The molecule has 1 unspecified atom stereocenters. The molecule has 1 heteroatoms. The Morgan fingerprint density at radius 2 is 2.08 bits per heavy atom. The third kappa shape index (κ3) is 2.48. The first-order chi connectivity index (χ1) is 5.68. The smallest absolute Gasteiger partial charge is 0.00415 e. The van der Waals surface area contributed by atoms with Crippen molar-refractivity contribution in [1.82, 2.24) is 5.32 Å². The van der Waals surface area contributed by atoms with Gasteiger partial charge >= 0.3 is 0 Å². The van der Waals surface area contributed by atoms with E-state index in [1.807, 2.05) is 0 Å². The van der Waals surface area contributed by atoms with Gasteiger partial charge in [-0.15, -0.1) is 0 Å². The van der Waals surface area contributed by atoms with Gasteiger partial charge in [-0.1, -0.05) is 19.8 Å². The fraction of sp³-hybridized carbons (Fsp3) is 1.00. The average molecular weight is 167 g/mol. The molecule has 0 amide bonds. The first-order valence-corrected chi connectivity index (χ1v) is 5.41. The van der Waals surface area contributed by atoms with Crippen molar-refractivity contribution < 1.29 is 0 Å². The van der Waals surface area contributed by atoms with E-state index in [0.717, 1.165) is 12.0 Å². The molecule has 0 aromatic heterocycles. The first kappa shape index (κ1) is 8.55. The van der Waals surface area contributed by atoms with Crippen LogP contribution >= 0.6 is 0 Å². The molecule has 2 aliphatic rings. The van der Waals surface area contributed by atoms with E-state index in [0.29, 0.717) is 5.41 Å². The van der Waals surface area contributed by atoms with Crippen molar-refractivity contribution in [2.75, 3.05) is 6.54 Å². The predicted molar refractivity (Wildman–Crippen MR) is 52.1 cm³/mol. The number of hydrogen-bond donors (Lipinski definition) is 1. The molecule has 0 heterocycles. The highest BCUT2D eigenvalue weighted by atomic mass is 14.9. The Bertz CT molecular complexity index is 156. The summed E-state index contributed by atoms with van der Waals surface area (Å²) in [6.07, 6.45) is 7.27. The standard InChI is InChI=1S/C11H21N/c1-9(7-10-3-4-10)12-8-11(2)5-6-11/h9-10,12H,3-8H2,1-2H3. The van der Waals surface area contributed by atoms with E-state index < -0.39 is 0 Å². The van der Waals surface area contributed by atoms with Crippen LogP contribution in [-0.4, -0.2) is 12.6 Å². The molecule has 0 aromatic carbocycles. The summed E-state index contributed by atoms with van der Waals surface area (Å²) < 4.78 is 0. The minimum Gasteiger partial charge on any atom is -0.314 e. The molecule has 0 bridgehead atoms. The molecule has 0 saturated heterocycles. The summed E-state index contributed by atoms with van der Waals surface area (Å²) in [4.78, 5) is 0. The number of rotatable bonds is 5. The Labute approximate surface area is 75.9 Å². The van der Waals surface area contributed by atoms with Gasteiger partial charge in [-0.05, 0) is 37.5 Å². The molecular formula is C11H21N. The van der Waals surface area contributed by atoms with Crippen LogP contribution in [-0.2, 0) is 0 Å². The van der Waals surface area contributed by atoms with Gasteiger partial charge in [0.25, 0.3) is 0 Å². The predicted octanol–water partition coefficient (Wildman–Crippen LogP) is 2.56. The molecule has 1 atom stereocenters. The van der Waals surface area contributed by atoms with Crippen LogP contribution in [0.15, 0.2) is 0 Å². The monoisotopic (exact) mass is 167 g/mol. The maximum absolute atomic E-state index is 3.66. The van der Waals surface area contributed by atoms with E-state index >= 15 is 0 Å². The van der Waals surface area contributed by atoms with Gasteiger partial charge in [0.1, 0.15) is 0 Å². The first-order valence-electron chi connectivity index (χ1n) is 5.41. The summed E-state index contributed by atoms with van der Waals surface area (Å²) in [7, 11) is 0. The summed E-state index contributed by atoms with van der Waals surface area (Å²) in [6, 6.07) is 0.759. The topological polar surface area (TPSA) is 12.0 Å². The van der Waals surface area contributed by atoms with Gasteiger partial charge in [-0.3, -0.25) is 0 Å². The van der Waals surface area contributed by atoms with Crippen molar-refractivity contribution in [1.29, 1.82) is 0 Å². The van der Waals surface area contributed by atoms with Crippen LogP contribution in [0.4, 0.5) is 0 Å². The van der Waals surface area contributed by atoms with Crippen molar-refractivity contribution in [2.24, 2.45) is 11.3 Å². The van der Waals surface area contributed by atoms with Crippen LogP contribution in [0.25, 0.3) is 0 Å². The number of nitrogens with one attached hydrogen (secondary N) is 1. The Morgan fingerprint density at radius 1 is 1.42 bits per heavy atom. The van der Waals surface area contributed by atoms with Gasteiger partial charge in [0, 0.05) is 12.6 Å². The second kappa shape index (κ2) is 3.02. The SMILES string of the molecule is CC(CC1CC1)NCC1(C)CC1. The molecule has 2 saturated carbocycles. The van der Waals surface area contributed by atoms with Gasteiger partial charge in [0.2, 0.25) is 0 Å². The highest BCUT2D eigenvalue weighted by Gasteiger charge is 2.37. The maximum atomic E-state index is 3.66. The molecule has 2 fully saturated rings. The molecule has 2 rings (SSSR count). The fourth-order valence-corrected chi connectivity index (χ4v) is 1.75. The minimum atomic E-state index is 0.678. The lowest BCUT2D eigenvalue weighted by Gasteiger charge is -2.16. The highest BCUT2D eigenvalue weighted by Crippen LogP contribution is 2.44. The van der Waals surface area contributed by atoms with Crippen LogP contribution in [0.1, 0.15) is 46.0 Å². The van der Waals surface area contributed by atoms with Crippen LogP contribution in [0.3, 0.4) is 0 Å². The van der Waals surface area contributed by atoms with Gasteiger partial charge in [0.05, 0.1) is 0 Å². The largest absolute Gasteiger partial charge is 0.314 e. The van der Waals surface area contributed by atoms with Crippen LogP contribution in [0.2, 0.25) is 0 Å². The average Bonchev–Trinajstić information content (AvgIpc) is 2.87. The highest BCUT2D eigenvalue weighted by molar-refractivity contribution is 4.91. The molecule has 0 radical (unpaired) electrons. The zero-order valence-electron chi connectivity index (χ0n) is 8.40. The molecule has 12 heavy (non-hydrogen) atoms. The summed E-state index contributed by atoms with van der Waals surface area (Å²) >= 11 is 0. The maximum Gasteiger partial charge on any atom is 0.00415 e. The van der Waals surface area contributed by atoms with E-state index in [4.69, 9.17) is 0 Å². The lowest BCUT2D eigenvalue weighted by atomic mass is 10.1. The van der Waals surface area contributed by atoms with Gasteiger partial charge in [-0.25, -0.2) is 0 Å². The molecule has 2 aliphatic carbocycles. The Balaban J connectivity index is 1.58. The van der Waals surface area contributed by atoms with Gasteiger partial charge in [-0.2, -0.15) is 0 Å². The third-order valence-corrected chi connectivity index (χ3v) is 3.36. The van der Waals surface area contributed by atoms with E-state index in [-0.39, 0.29) is 0 Å². The van der Waals surface area contributed by atoms with E-state index in [9.17, 15) is 0 Å². The van der Waals surface area contributed by atoms with Crippen LogP contribution < -0.4 is 5.32 Å². The Kier molecular flexibility index (Phi) is 2.16. The number of hydrogen-bond acceptors (Lipinski definition) is 1. The molecule has 70 valence electrons. The minimum absolute atomic E-state index is 0.678. The quantitative estimate of drug-likeness (QED) is 0.663. The molecular weight excluding hydrogens is 146 g/mol. The normalized spacial score (nSPS) is 28.5. The van der Waals surface area contributed by atoms with Crippen LogP contribution in [0.5, 0.6) is 0 Å². The second-order valence-corrected chi connectivity index (χ2v) is 5.27. The summed E-state index contributed by atoms with van der Waals surface area (Å²) in [5, 5.41) is 3.66. The Morgan fingerprint density at radius 3 is 2.58 bits per heavy atom. The molecule has 1 nitrogen and oxygen atoms in total. The molecule has 0 spiro atoms. The van der Waals surface area contributed by atoms with Gasteiger partial charge in [0.15, 0.2) is 0 Å². The van der Waals surface area contributed by atoms with E-state index in [2.05, 4.69) is 19.2 Å². The molecule has 1 N–H and O–H groups in total. The second-order valence-electron chi connectivity index (χ2n) is 5.27. The lowest BCUT2D eigenvalue weighted by molar-refractivity contribution is 0.422. The van der Waals surface area contributed by atoms with Crippen molar-refractivity contribution in [2.45, 2.75) is 52.0 Å². The van der Waals surface area contributed by atoms with E-state index in [1.165, 1.54) is 38.6 Å². The van der Waals surface area contributed by atoms with Crippen molar-refractivity contribution in [3.05, 3.63) is 0 Å². The van der Waals surface area contributed by atoms with Crippen LogP contribution in [0, 0.1) is 11.3 Å². The molecule has 0 aliphatic heterocycles. The van der Waals surface area contributed by atoms with Crippen molar-refractivity contribution in [3.8, 4) is 0 Å². The van der Waals surface area contributed by atoms with Gasteiger partial charge < -0.3 is 5.32 Å². The molecule has 0 aromatic rings. The fourth-order valence-electron chi connectivity index (χ4n) is 1.75. The summed E-state index contributed by atoms with van der Waals surface area (Å²) in [5.74, 6) is 1.07. The summed E-state index contributed by atoms with van der Waals surface area (Å²) in [5.41, 5.74) is 0.678. The Hall–Kier alpha value is -0.0400. The lowest BCUT2D eigenvalue weighted by Crippen LogP contribution is -2.31. The van der Waals surface area contributed by atoms with E-state index in [1.54, 1.807) is 0 Å².